The van der Waals surface area contributed by atoms with E-state index in [-0.39, 0.29) is 75.0 Å². The zero-order valence-corrected chi connectivity index (χ0v) is 54.5. The van der Waals surface area contributed by atoms with Crippen molar-refractivity contribution >= 4 is 59.1 Å². The molecule has 1 saturated heterocycles. The molecule has 488 valence electrons. The Balaban J connectivity index is 1.65. The molecule has 1 aliphatic heterocycles. The number of carbonyl (C=O) groups is 10. The van der Waals surface area contributed by atoms with Gasteiger partial charge in [0.05, 0.1) is 0 Å². The Hall–Kier alpha value is -8.42. The second kappa shape index (κ2) is 35.7. The minimum atomic E-state index is -1.31. The first-order valence-electron chi connectivity index (χ1n) is 31.9. The maximum atomic E-state index is 14.9. The highest BCUT2D eigenvalue weighted by Gasteiger charge is 2.39. The Morgan fingerprint density at radius 1 is 0.233 bits per heavy atom. The van der Waals surface area contributed by atoms with E-state index in [1.807, 2.05) is 55.4 Å². The predicted octanol–water partition coefficient (Wildman–Crippen LogP) is 5.32. The molecular formula is C70H98N10O10. The molecule has 0 aliphatic carbocycles. The quantitative estimate of drug-likeness (QED) is 0.0612. The third kappa shape index (κ3) is 23.8. The van der Waals surface area contributed by atoms with Crippen molar-refractivity contribution in [2.24, 2.45) is 35.5 Å². The van der Waals surface area contributed by atoms with Crippen molar-refractivity contribution < 1.29 is 47.9 Å². The van der Waals surface area contributed by atoms with Gasteiger partial charge in [0.15, 0.2) is 0 Å². The molecule has 0 radical (unpaired) electrons. The topological polar surface area (TPSA) is 291 Å². The summed E-state index contributed by atoms with van der Waals surface area (Å²) in [6, 6.07) is 23.1. The first-order valence-corrected chi connectivity index (χ1v) is 31.9. The monoisotopic (exact) mass is 1240 g/mol. The normalized spacial score (nSPS) is 23.8. The smallest absolute Gasteiger partial charge is 0.243 e. The van der Waals surface area contributed by atoms with Crippen LogP contribution < -0.4 is 53.2 Å². The Morgan fingerprint density at radius 2 is 0.400 bits per heavy atom. The predicted molar refractivity (Wildman–Crippen MR) is 347 cm³/mol. The maximum Gasteiger partial charge on any atom is 0.243 e. The number of nitrogens with one attached hydrogen (secondary N) is 10. The highest BCUT2D eigenvalue weighted by Crippen LogP contribution is 2.17. The van der Waals surface area contributed by atoms with Crippen LogP contribution in [0.3, 0.4) is 0 Å². The van der Waals surface area contributed by atoms with Gasteiger partial charge in [-0.15, -0.1) is 0 Å². The third-order valence-corrected chi connectivity index (χ3v) is 15.5. The summed E-state index contributed by atoms with van der Waals surface area (Å²) >= 11 is 0. The van der Waals surface area contributed by atoms with Crippen LogP contribution in [0.15, 0.2) is 121 Å². The fraction of sp³-hybridized carbons (Fsp3) is 0.514. The van der Waals surface area contributed by atoms with Crippen molar-refractivity contribution in [3.05, 3.63) is 144 Å². The van der Waals surface area contributed by atoms with Gasteiger partial charge in [-0.25, -0.2) is 0 Å². The van der Waals surface area contributed by atoms with E-state index in [1.165, 1.54) is 0 Å². The summed E-state index contributed by atoms with van der Waals surface area (Å²) in [5, 5.41) is 28.7. The fourth-order valence-electron chi connectivity index (χ4n) is 10.8. The standard InChI is InChI=1S/C70H98N10O10/c1-41(2)33-51-61(81)73-57(39-49-29-21-15-22-30-49)65(85)75-55(37-47-25-17-13-18-26-47)63(83)72-54(36-44(7)8)68(88)80-60(46(11)12)70(90)78-52(34-42(3)4)62(82)74-58(40-50-31-23-16-24-32-50)66(86)76-56(38-48-27-19-14-20-28-48)64(84)71-53(35-43(5)6)67(87)79-59(45(9)10)69(89)77-51/h13-32,41-46,51-60H,33-40H2,1-12H3,(H,71,84)(H,72,83)(H,73,81)(H,74,82)(H,75,85)(H,76,86)(H,77,89)(H,78,90)(H,79,87)(H,80,88)/t51-,52-,53+,54+,55+,56+,57-,58-,59-,60-/m0/s1. The van der Waals surface area contributed by atoms with E-state index >= 15 is 0 Å². The zero-order valence-electron chi connectivity index (χ0n) is 54.5. The maximum absolute atomic E-state index is 14.9. The first-order chi connectivity index (χ1) is 42.7. The fourth-order valence-corrected chi connectivity index (χ4v) is 10.8. The number of rotatable bonds is 18. The molecule has 10 N–H and O–H groups in total. The average molecular weight is 1240 g/mol. The van der Waals surface area contributed by atoms with E-state index in [0.717, 1.165) is 0 Å². The molecule has 4 aromatic carbocycles. The molecule has 0 spiro atoms. The van der Waals surface area contributed by atoms with Gasteiger partial charge in [0.2, 0.25) is 59.1 Å². The second-order valence-electron chi connectivity index (χ2n) is 26.2. The van der Waals surface area contributed by atoms with Gasteiger partial charge < -0.3 is 53.2 Å². The minimum absolute atomic E-state index is 0.0328. The van der Waals surface area contributed by atoms with Gasteiger partial charge in [-0.2, -0.15) is 0 Å². The van der Waals surface area contributed by atoms with Gasteiger partial charge in [0.25, 0.3) is 0 Å². The Labute approximate surface area is 531 Å². The van der Waals surface area contributed by atoms with E-state index in [2.05, 4.69) is 53.2 Å². The molecule has 1 aliphatic rings. The highest BCUT2D eigenvalue weighted by molar-refractivity contribution is 6.00. The lowest BCUT2D eigenvalue weighted by molar-refractivity contribution is -0.137. The van der Waals surface area contributed by atoms with E-state index < -0.39 is 131 Å². The molecule has 0 aromatic heterocycles. The van der Waals surface area contributed by atoms with Crippen LogP contribution in [0.25, 0.3) is 0 Å². The largest absolute Gasteiger partial charge is 0.343 e. The Bertz CT molecular complexity index is 2700. The number of hydrogen-bond acceptors (Lipinski definition) is 10. The van der Waals surface area contributed by atoms with Gasteiger partial charge in [-0.05, 0) is 83.4 Å². The molecule has 10 atom stereocenters. The summed E-state index contributed by atoms with van der Waals surface area (Å²) in [4.78, 5) is 148. The second-order valence-corrected chi connectivity index (χ2v) is 26.2. The molecule has 20 heteroatoms. The van der Waals surface area contributed by atoms with Crippen molar-refractivity contribution in [2.75, 3.05) is 0 Å². The van der Waals surface area contributed by atoms with Crippen molar-refractivity contribution in [1.29, 1.82) is 0 Å². The van der Waals surface area contributed by atoms with E-state index in [1.54, 1.807) is 149 Å². The molecule has 0 saturated carbocycles. The highest BCUT2D eigenvalue weighted by atomic mass is 16.2. The van der Waals surface area contributed by atoms with Crippen molar-refractivity contribution in [3.63, 3.8) is 0 Å². The lowest BCUT2D eigenvalue weighted by Gasteiger charge is -2.31. The van der Waals surface area contributed by atoms with Gasteiger partial charge >= 0.3 is 0 Å². The van der Waals surface area contributed by atoms with E-state index in [9.17, 15) is 47.9 Å². The molecule has 90 heavy (non-hydrogen) atoms. The van der Waals surface area contributed by atoms with Crippen LogP contribution in [0.1, 0.15) is 131 Å². The summed E-state index contributed by atoms with van der Waals surface area (Å²) in [6.45, 7) is 21.8. The number of benzene rings is 4. The Morgan fingerprint density at radius 3 is 0.589 bits per heavy atom. The molecule has 0 bridgehead atoms. The van der Waals surface area contributed by atoms with Gasteiger partial charge in [-0.1, -0.05) is 204 Å². The van der Waals surface area contributed by atoms with E-state index in [4.69, 9.17) is 0 Å². The van der Waals surface area contributed by atoms with Gasteiger partial charge in [-0.3, -0.25) is 47.9 Å². The first kappa shape index (κ1) is 72.3. The summed E-state index contributed by atoms with van der Waals surface area (Å²) < 4.78 is 0. The average Bonchev–Trinajstić information content (AvgIpc) is 3.33. The van der Waals surface area contributed by atoms with Crippen LogP contribution in [0.2, 0.25) is 0 Å². The number of amides is 10. The molecule has 1 fully saturated rings. The van der Waals surface area contributed by atoms with Crippen LogP contribution >= 0.6 is 0 Å². The van der Waals surface area contributed by atoms with Crippen LogP contribution in [-0.2, 0) is 73.6 Å². The van der Waals surface area contributed by atoms with Crippen LogP contribution in [-0.4, -0.2) is 119 Å². The third-order valence-electron chi connectivity index (χ3n) is 15.5. The van der Waals surface area contributed by atoms with Crippen molar-refractivity contribution in [2.45, 2.75) is 195 Å². The molecular weight excluding hydrogens is 1140 g/mol. The SMILES string of the molecule is CC(C)C[C@@H]1NC(=O)[C@H](C(C)C)NC(=O)[C@@H](CC(C)C)NC(=O)[C@@H](Cc2ccccc2)NC(=O)[C@H](Cc2ccccc2)NC(=O)[C@H](CC(C)C)NC(=O)[C@H](C(C)C)NC(=O)[C@@H](CC(C)C)NC(=O)[C@@H](Cc2ccccc2)NC(=O)[C@H](Cc2ccccc2)NC1=O. The summed E-state index contributed by atoms with van der Waals surface area (Å²) in [7, 11) is 0. The molecule has 5 rings (SSSR count). The molecule has 0 unspecified atom stereocenters. The van der Waals surface area contributed by atoms with Crippen LogP contribution in [0.4, 0.5) is 0 Å². The van der Waals surface area contributed by atoms with Crippen molar-refractivity contribution in [1.82, 2.24) is 53.2 Å². The summed E-state index contributed by atoms with van der Waals surface area (Å²) in [6.07, 6.45) is 0.324. The molecule has 20 nitrogen and oxygen atoms in total. The van der Waals surface area contributed by atoms with Crippen LogP contribution in [0, 0.1) is 35.5 Å². The lowest BCUT2D eigenvalue weighted by atomic mass is 9.97. The molecule has 1 heterocycles. The lowest BCUT2D eigenvalue weighted by Crippen LogP contribution is -2.62. The van der Waals surface area contributed by atoms with Gasteiger partial charge in [0.1, 0.15) is 60.4 Å². The molecule has 10 amide bonds. The molecule has 4 aromatic rings. The number of carbonyl (C=O) groups excluding carboxylic acids is 10. The van der Waals surface area contributed by atoms with Crippen LogP contribution in [0.5, 0.6) is 0 Å². The summed E-state index contributed by atoms with van der Waals surface area (Å²) in [5.41, 5.74) is 2.68. The summed E-state index contributed by atoms with van der Waals surface area (Å²) in [5.74, 6) is -8.90. The van der Waals surface area contributed by atoms with Crippen molar-refractivity contribution in [3.8, 4) is 0 Å². The van der Waals surface area contributed by atoms with E-state index in [0.29, 0.717) is 22.3 Å². The Kier molecular flexibility index (Phi) is 28.7. The van der Waals surface area contributed by atoms with Gasteiger partial charge in [0, 0.05) is 25.7 Å². The number of hydrogen-bond donors (Lipinski definition) is 10. The minimum Gasteiger partial charge on any atom is -0.343 e. The zero-order chi connectivity index (χ0) is 66.2.